The largest absolute Gasteiger partial charge is 0.352 e. The number of amides is 2. The number of carbonyl (C=O) groups excluding carboxylic acids is 2. The fourth-order valence-electron chi connectivity index (χ4n) is 3.62. The highest BCUT2D eigenvalue weighted by Crippen LogP contribution is 2.29. The zero-order chi connectivity index (χ0) is 20.4. The van der Waals surface area contributed by atoms with Gasteiger partial charge in [-0.25, -0.2) is 9.67 Å². The van der Waals surface area contributed by atoms with E-state index in [4.69, 9.17) is 11.6 Å². The lowest BCUT2D eigenvalue weighted by Gasteiger charge is -2.15. The van der Waals surface area contributed by atoms with Crippen LogP contribution in [0.2, 0.25) is 5.02 Å². The van der Waals surface area contributed by atoms with Crippen molar-refractivity contribution < 1.29 is 9.59 Å². The molecule has 1 fully saturated rings. The van der Waals surface area contributed by atoms with Gasteiger partial charge in [0.2, 0.25) is 5.91 Å². The van der Waals surface area contributed by atoms with Crippen LogP contribution in [-0.2, 0) is 4.79 Å². The first-order valence-electron chi connectivity index (χ1n) is 9.71. The number of fused-ring (bicyclic) bond motifs is 1. The number of benzene rings is 1. The van der Waals surface area contributed by atoms with Crippen molar-refractivity contribution in [1.29, 1.82) is 0 Å². The minimum atomic E-state index is -0.274. The number of likely N-dealkylation sites (tertiary alicyclic amines) is 1. The molecule has 3 aromatic rings. The third kappa shape index (κ3) is 3.82. The summed E-state index contributed by atoms with van der Waals surface area (Å²) in [7, 11) is 0. The van der Waals surface area contributed by atoms with Crippen LogP contribution in [0.25, 0.3) is 16.7 Å². The van der Waals surface area contributed by atoms with E-state index in [-0.39, 0.29) is 11.8 Å². The number of hydrogen-bond acceptors (Lipinski definition) is 4. The molecule has 0 aliphatic carbocycles. The van der Waals surface area contributed by atoms with E-state index in [1.165, 1.54) is 6.20 Å². The molecule has 1 saturated heterocycles. The maximum absolute atomic E-state index is 12.6. The van der Waals surface area contributed by atoms with Crippen molar-refractivity contribution in [3.8, 4) is 5.69 Å². The SMILES string of the molecule is Cc1nn(-c2ccccc2)c2ncc(C(=O)NCCCN3CCCC3=O)c(Cl)c12. The molecular formula is C21H22ClN5O2. The molecule has 0 unspecified atom stereocenters. The summed E-state index contributed by atoms with van der Waals surface area (Å²) < 4.78 is 1.73. The number of para-hydroxylation sites is 1. The van der Waals surface area contributed by atoms with Crippen molar-refractivity contribution in [2.24, 2.45) is 0 Å². The summed E-state index contributed by atoms with van der Waals surface area (Å²) >= 11 is 6.57. The number of aromatic nitrogens is 3. The first-order valence-corrected chi connectivity index (χ1v) is 10.1. The first-order chi connectivity index (χ1) is 14.1. The molecule has 29 heavy (non-hydrogen) atoms. The molecule has 1 N–H and O–H groups in total. The van der Waals surface area contributed by atoms with E-state index < -0.39 is 0 Å². The van der Waals surface area contributed by atoms with Crippen LogP contribution < -0.4 is 5.32 Å². The Balaban J connectivity index is 1.49. The number of aryl methyl sites for hydroxylation is 1. The topological polar surface area (TPSA) is 80.1 Å². The standard InChI is InChI=1S/C21H22ClN5O2/c1-14-18-19(22)16(21(29)23-10-6-12-26-11-5-9-17(26)28)13-24-20(18)27(25-14)15-7-3-2-4-8-15/h2-4,7-8,13H,5-6,9-12H2,1H3,(H,23,29). The van der Waals surface area contributed by atoms with E-state index in [1.54, 1.807) is 4.68 Å². The molecule has 7 nitrogen and oxygen atoms in total. The summed E-state index contributed by atoms with van der Waals surface area (Å²) in [5, 5.41) is 8.44. The van der Waals surface area contributed by atoms with Crippen molar-refractivity contribution >= 4 is 34.4 Å². The van der Waals surface area contributed by atoms with Gasteiger partial charge >= 0.3 is 0 Å². The lowest BCUT2D eigenvalue weighted by Crippen LogP contribution is -2.30. The smallest absolute Gasteiger partial charge is 0.254 e. The van der Waals surface area contributed by atoms with E-state index in [0.717, 1.165) is 18.7 Å². The van der Waals surface area contributed by atoms with E-state index in [0.29, 0.717) is 53.2 Å². The summed E-state index contributed by atoms with van der Waals surface area (Å²) in [6.45, 7) is 3.79. The number of nitrogens with zero attached hydrogens (tertiary/aromatic N) is 4. The van der Waals surface area contributed by atoms with Crippen LogP contribution in [0.4, 0.5) is 0 Å². The monoisotopic (exact) mass is 411 g/mol. The van der Waals surface area contributed by atoms with Gasteiger partial charge < -0.3 is 10.2 Å². The normalized spacial score (nSPS) is 14.0. The fraction of sp³-hybridized carbons (Fsp3) is 0.333. The minimum absolute atomic E-state index is 0.194. The Morgan fingerprint density at radius 2 is 2.07 bits per heavy atom. The highest BCUT2D eigenvalue weighted by atomic mass is 35.5. The molecule has 8 heteroatoms. The van der Waals surface area contributed by atoms with Gasteiger partial charge in [-0.1, -0.05) is 29.8 Å². The van der Waals surface area contributed by atoms with Gasteiger partial charge in [0.25, 0.3) is 5.91 Å². The third-order valence-electron chi connectivity index (χ3n) is 5.12. The minimum Gasteiger partial charge on any atom is -0.352 e. The van der Waals surface area contributed by atoms with Crippen LogP contribution >= 0.6 is 11.6 Å². The quantitative estimate of drug-likeness (QED) is 0.632. The van der Waals surface area contributed by atoms with Crippen molar-refractivity contribution in [2.45, 2.75) is 26.2 Å². The molecule has 0 spiro atoms. The number of rotatable bonds is 6. The Bertz CT molecular complexity index is 1060. The average Bonchev–Trinajstić information content (AvgIpc) is 3.29. The van der Waals surface area contributed by atoms with Gasteiger partial charge in [-0.05, 0) is 31.9 Å². The first kappa shape index (κ1) is 19.4. The zero-order valence-corrected chi connectivity index (χ0v) is 16.9. The summed E-state index contributed by atoms with van der Waals surface area (Å²) in [5.74, 6) is -0.0797. The van der Waals surface area contributed by atoms with Crippen molar-refractivity contribution in [1.82, 2.24) is 25.0 Å². The number of pyridine rings is 1. The van der Waals surface area contributed by atoms with Gasteiger partial charge in [-0.2, -0.15) is 5.10 Å². The molecule has 0 saturated carbocycles. The Labute approximate surface area is 173 Å². The predicted octanol–water partition coefficient (Wildman–Crippen LogP) is 3.12. The van der Waals surface area contributed by atoms with Gasteiger partial charge in [0.1, 0.15) is 0 Å². The second kappa shape index (κ2) is 8.21. The molecule has 1 aliphatic heterocycles. The van der Waals surface area contributed by atoms with E-state index in [2.05, 4.69) is 15.4 Å². The number of nitrogens with one attached hydrogen (secondary N) is 1. The molecule has 2 amide bonds. The highest BCUT2D eigenvalue weighted by Gasteiger charge is 2.21. The molecular weight excluding hydrogens is 390 g/mol. The van der Waals surface area contributed by atoms with Crippen molar-refractivity contribution in [3.63, 3.8) is 0 Å². The maximum atomic E-state index is 12.6. The number of carbonyl (C=O) groups is 2. The van der Waals surface area contributed by atoms with Crippen LogP contribution in [0, 0.1) is 6.92 Å². The van der Waals surface area contributed by atoms with Crippen molar-refractivity contribution in [3.05, 3.63) is 52.8 Å². The number of hydrogen-bond donors (Lipinski definition) is 1. The molecule has 1 aromatic carbocycles. The molecule has 0 radical (unpaired) electrons. The highest BCUT2D eigenvalue weighted by molar-refractivity contribution is 6.38. The zero-order valence-electron chi connectivity index (χ0n) is 16.2. The van der Waals surface area contributed by atoms with Gasteiger partial charge in [-0.15, -0.1) is 0 Å². The van der Waals surface area contributed by atoms with E-state index >= 15 is 0 Å². The van der Waals surface area contributed by atoms with Gasteiger partial charge in [0.15, 0.2) is 5.65 Å². The average molecular weight is 412 g/mol. The number of halogens is 1. The van der Waals surface area contributed by atoms with Gasteiger partial charge in [0.05, 0.1) is 27.4 Å². The van der Waals surface area contributed by atoms with Gasteiger partial charge in [0, 0.05) is 32.3 Å². The Morgan fingerprint density at radius 3 is 2.79 bits per heavy atom. The molecule has 1 aliphatic rings. The summed E-state index contributed by atoms with van der Waals surface area (Å²) in [6, 6.07) is 9.67. The Morgan fingerprint density at radius 1 is 1.28 bits per heavy atom. The van der Waals surface area contributed by atoms with Crippen LogP contribution in [0.3, 0.4) is 0 Å². The van der Waals surface area contributed by atoms with E-state index in [9.17, 15) is 9.59 Å². The molecule has 150 valence electrons. The Hall–Kier alpha value is -2.93. The molecule has 0 atom stereocenters. The fourth-order valence-corrected chi connectivity index (χ4v) is 3.98. The summed E-state index contributed by atoms with van der Waals surface area (Å²) in [4.78, 5) is 30.6. The third-order valence-corrected chi connectivity index (χ3v) is 5.51. The predicted molar refractivity (Wildman–Crippen MR) is 111 cm³/mol. The lowest BCUT2D eigenvalue weighted by atomic mass is 10.2. The molecule has 2 aromatic heterocycles. The van der Waals surface area contributed by atoms with Crippen LogP contribution in [-0.4, -0.2) is 51.1 Å². The second-order valence-electron chi connectivity index (χ2n) is 7.11. The molecule has 3 heterocycles. The van der Waals surface area contributed by atoms with Crippen LogP contribution in [0.1, 0.15) is 35.3 Å². The van der Waals surface area contributed by atoms with E-state index in [1.807, 2.05) is 42.2 Å². The summed E-state index contributed by atoms with van der Waals surface area (Å²) in [6.07, 6.45) is 3.74. The lowest BCUT2D eigenvalue weighted by molar-refractivity contribution is -0.127. The summed E-state index contributed by atoms with van der Waals surface area (Å²) in [5.41, 5.74) is 2.53. The van der Waals surface area contributed by atoms with Crippen LogP contribution in [0.5, 0.6) is 0 Å². The van der Waals surface area contributed by atoms with Gasteiger partial charge in [-0.3, -0.25) is 9.59 Å². The second-order valence-corrected chi connectivity index (χ2v) is 7.49. The van der Waals surface area contributed by atoms with Crippen LogP contribution in [0.15, 0.2) is 36.5 Å². The molecule has 4 rings (SSSR count). The van der Waals surface area contributed by atoms with Crippen molar-refractivity contribution in [2.75, 3.05) is 19.6 Å². The maximum Gasteiger partial charge on any atom is 0.254 e. The Kier molecular flexibility index (Phi) is 5.49. The molecule has 0 bridgehead atoms.